The van der Waals surface area contributed by atoms with Crippen LogP contribution in [0.3, 0.4) is 0 Å². The Morgan fingerprint density at radius 2 is 2.25 bits per heavy atom. The molecule has 0 saturated carbocycles. The fourth-order valence-electron chi connectivity index (χ4n) is 2.39. The molecule has 7 heteroatoms. The molecule has 1 atom stereocenters. The van der Waals surface area contributed by atoms with Gasteiger partial charge in [-0.05, 0) is 25.8 Å². The lowest BCUT2D eigenvalue weighted by atomic mass is 10.0. The van der Waals surface area contributed by atoms with Gasteiger partial charge < -0.3 is 9.30 Å². The minimum Gasteiger partial charge on any atom is -0.466 e. The molecule has 0 N–H and O–H groups in total. The molecule has 0 radical (unpaired) electrons. The van der Waals surface area contributed by atoms with Crippen LogP contribution in [0.2, 0.25) is 0 Å². The number of aryl methyl sites for hydroxylation is 1. The molecular weight excluding hydrogens is 280 g/mol. The smallest absolute Gasteiger partial charge is 0.310 e. The van der Waals surface area contributed by atoms with E-state index in [0.717, 1.165) is 0 Å². The van der Waals surface area contributed by atoms with Gasteiger partial charge in [-0.2, -0.15) is 4.31 Å². The van der Waals surface area contributed by atoms with Crippen molar-refractivity contribution in [3.63, 3.8) is 0 Å². The topological polar surface area (TPSA) is 68.6 Å². The summed E-state index contributed by atoms with van der Waals surface area (Å²) in [6.45, 7) is 2.73. The first-order valence-electron chi connectivity index (χ1n) is 6.74. The summed E-state index contributed by atoms with van der Waals surface area (Å²) in [7, 11) is -1.74. The zero-order valence-electron chi connectivity index (χ0n) is 11.8. The van der Waals surface area contributed by atoms with Gasteiger partial charge in [-0.1, -0.05) is 0 Å². The number of rotatable bonds is 4. The third-order valence-corrected chi connectivity index (χ3v) is 5.30. The lowest BCUT2D eigenvalue weighted by Gasteiger charge is -2.30. The van der Waals surface area contributed by atoms with Gasteiger partial charge in [-0.3, -0.25) is 4.79 Å². The Kier molecular flexibility index (Phi) is 4.49. The van der Waals surface area contributed by atoms with Crippen LogP contribution < -0.4 is 0 Å². The number of sulfonamides is 1. The highest BCUT2D eigenvalue weighted by atomic mass is 32.2. The number of carbonyl (C=O) groups excluding carboxylic acids is 1. The summed E-state index contributed by atoms with van der Waals surface area (Å²) in [4.78, 5) is 12.0. The molecular formula is C13H20N2O4S. The molecule has 1 unspecified atom stereocenters. The molecule has 1 aliphatic rings. The standard InChI is InChI=1S/C13H20N2O4S/c1-3-19-13(16)11-5-4-7-15(9-11)20(17,18)12-6-8-14(2)10-12/h6,8,10-11H,3-5,7,9H2,1-2H3. The Bertz CT molecular complexity index is 579. The summed E-state index contributed by atoms with van der Waals surface area (Å²) < 4.78 is 33.0. The zero-order valence-corrected chi connectivity index (χ0v) is 12.6. The van der Waals surface area contributed by atoms with E-state index in [1.807, 2.05) is 0 Å². The molecule has 2 rings (SSSR count). The first-order chi connectivity index (χ1) is 9.45. The second kappa shape index (κ2) is 5.97. The third-order valence-electron chi connectivity index (χ3n) is 3.45. The number of hydrogen-bond donors (Lipinski definition) is 0. The van der Waals surface area contributed by atoms with Gasteiger partial charge in [0.1, 0.15) is 0 Å². The maximum Gasteiger partial charge on any atom is 0.310 e. The predicted octanol–water partition coefficient (Wildman–Crippen LogP) is 0.989. The highest BCUT2D eigenvalue weighted by molar-refractivity contribution is 7.89. The average molecular weight is 300 g/mol. The maximum atomic E-state index is 12.5. The Labute approximate surface area is 119 Å². The molecule has 1 saturated heterocycles. The van der Waals surface area contributed by atoms with Crippen LogP contribution in [0.5, 0.6) is 0 Å². The van der Waals surface area contributed by atoms with Gasteiger partial charge in [0.2, 0.25) is 10.0 Å². The van der Waals surface area contributed by atoms with Crippen LogP contribution in [0.25, 0.3) is 0 Å². The van der Waals surface area contributed by atoms with Crippen molar-refractivity contribution in [1.29, 1.82) is 0 Å². The molecule has 1 aromatic heterocycles. The largest absolute Gasteiger partial charge is 0.466 e. The van der Waals surface area contributed by atoms with E-state index in [2.05, 4.69) is 0 Å². The number of carbonyl (C=O) groups is 1. The molecule has 2 heterocycles. The van der Waals surface area contributed by atoms with E-state index in [0.29, 0.717) is 26.0 Å². The fraction of sp³-hybridized carbons (Fsp3) is 0.615. The summed E-state index contributed by atoms with van der Waals surface area (Å²) in [5.41, 5.74) is 0. The third kappa shape index (κ3) is 3.04. The Morgan fingerprint density at radius 1 is 1.50 bits per heavy atom. The Hall–Kier alpha value is -1.34. The number of piperidine rings is 1. The van der Waals surface area contributed by atoms with Crippen LogP contribution in [-0.4, -0.2) is 43.0 Å². The first kappa shape index (κ1) is 15.1. The normalized spacial score (nSPS) is 20.8. The monoisotopic (exact) mass is 300 g/mol. The maximum absolute atomic E-state index is 12.5. The van der Waals surface area contributed by atoms with E-state index in [9.17, 15) is 13.2 Å². The van der Waals surface area contributed by atoms with E-state index < -0.39 is 10.0 Å². The molecule has 0 aromatic carbocycles. The summed E-state index contributed by atoms with van der Waals surface area (Å²) in [6, 6.07) is 1.57. The molecule has 1 fully saturated rings. The van der Waals surface area contributed by atoms with Gasteiger partial charge >= 0.3 is 5.97 Å². The van der Waals surface area contributed by atoms with Gasteiger partial charge in [0.15, 0.2) is 0 Å². The van der Waals surface area contributed by atoms with Crippen molar-refractivity contribution >= 4 is 16.0 Å². The van der Waals surface area contributed by atoms with E-state index in [-0.39, 0.29) is 23.3 Å². The van der Waals surface area contributed by atoms with E-state index in [1.165, 1.54) is 4.31 Å². The quantitative estimate of drug-likeness (QED) is 0.778. The molecule has 1 aliphatic heterocycles. The van der Waals surface area contributed by atoms with Crippen molar-refractivity contribution in [2.75, 3.05) is 19.7 Å². The fourth-order valence-corrected chi connectivity index (χ4v) is 3.97. The van der Waals surface area contributed by atoms with Crippen molar-refractivity contribution in [3.05, 3.63) is 18.5 Å². The van der Waals surface area contributed by atoms with Gasteiger partial charge in [0.25, 0.3) is 0 Å². The summed E-state index contributed by atoms with van der Waals surface area (Å²) in [5, 5.41) is 0. The molecule has 0 bridgehead atoms. The predicted molar refractivity (Wildman–Crippen MR) is 73.5 cm³/mol. The van der Waals surface area contributed by atoms with Gasteiger partial charge in [0.05, 0.1) is 17.4 Å². The van der Waals surface area contributed by atoms with Crippen LogP contribution >= 0.6 is 0 Å². The van der Waals surface area contributed by atoms with Gasteiger partial charge in [-0.15, -0.1) is 0 Å². The number of aromatic nitrogens is 1. The first-order valence-corrected chi connectivity index (χ1v) is 8.18. The van der Waals surface area contributed by atoms with Crippen molar-refractivity contribution in [1.82, 2.24) is 8.87 Å². The highest BCUT2D eigenvalue weighted by Gasteiger charge is 2.34. The lowest BCUT2D eigenvalue weighted by molar-refractivity contribution is -0.149. The molecule has 112 valence electrons. The molecule has 0 spiro atoms. The highest BCUT2D eigenvalue weighted by Crippen LogP contribution is 2.24. The van der Waals surface area contributed by atoms with Crippen LogP contribution in [0.15, 0.2) is 23.4 Å². The molecule has 0 amide bonds. The molecule has 1 aromatic rings. The SMILES string of the molecule is CCOC(=O)C1CCCN(S(=O)(=O)c2ccn(C)c2)C1. The van der Waals surface area contributed by atoms with Crippen molar-refractivity contribution < 1.29 is 17.9 Å². The second-order valence-corrected chi connectivity index (χ2v) is 6.90. The molecule has 0 aliphatic carbocycles. The van der Waals surface area contributed by atoms with Crippen molar-refractivity contribution in [2.24, 2.45) is 13.0 Å². The number of nitrogens with zero attached hydrogens (tertiary/aromatic N) is 2. The Balaban J connectivity index is 2.14. The van der Waals surface area contributed by atoms with Crippen LogP contribution in [0, 0.1) is 5.92 Å². The van der Waals surface area contributed by atoms with Crippen molar-refractivity contribution in [2.45, 2.75) is 24.7 Å². The summed E-state index contributed by atoms with van der Waals surface area (Å²) >= 11 is 0. The van der Waals surface area contributed by atoms with Gasteiger partial charge in [-0.25, -0.2) is 8.42 Å². The second-order valence-electron chi connectivity index (χ2n) is 4.97. The minimum absolute atomic E-state index is 0.204. The molecule has 20 heavy (non-hydrogen) atoms. The minimum atomic E-state index is -3.52. The van der Waals surface area contributed by atoms with E-state index in [4.69, 9.17) is 4.74 Å². The number of esters is 1. The zero-order chi connectivity index (χ0) is 14.8. The average Bonchev–Trinajstić information content (AvgIpc) is 2.86. The van der Waals surface area contributed by atoms with Crippen LogP contribution in [-0.2, 0) is 26.6 Å². The van der Waals surface area contributed by atoms with Crippen molar-refractivity contribution in [3.8, 4) is 0 Å². The number of ether oxygens (including phenoxy) is 1. The van der Waals surface area contributed by atoms with Crippen LogP contribution in [0.4, 0.5) is 0 Å². The summed E-state index contributed by atoms with van der Waals surface area (Å²) in [5.74, 6) is -0.664. The summed E-state index contributed by atoms with van der Waals surface area (Å²) in [6.07, 6.45) is 4.62. The van der Waals surface area contributed by atoms with Gasteiger partial charge in [0, 0.05) is 32.5 Å². The van der Waals surface area contributed by atoms with E-state index in [1.54, 1.807) is 37.0 Å². The lowest BCUT2D eigenvalue weighted by Crippen LogP contribution is -2.42. The number of hydrogen-bond acceptors (Lipinski definition) is 4. The van der Waals surface area contributed by atoms with Crippen LogP contribution in [0.1, 0.15) is 19.8 Å². The van der Waals surface area contributed by atoms with E-state index >= 15 is 0 Å². The Morgan fingerprint density at radius 3 is 2.85 bits per heavy atom. The molecule has 6 nitrogen and oxygen atoms in total.